The predicted octanol–water partition coefficient (Wildman–Crippen LogP) is 2.15. The van der Waals surface area contributed by atoms with Crippen LogP contribution in [-0.4, -0.2) is 17.7 Å². The number of halogens is 1. The zero-order valence-electron chi connectivity index (χ0n) is 12.1. The zero-order valence-corrected chi connectivity index (χ0v) is 12.9. The maximum absolute atomic E-state index is 12.2. The van der Waals surface area contributed by atoms with E-state index in [0.29, 0.717) is 24.9 Å². The summed E-state index contributed by atoms with van der Waals surface area (Å²) in [6.45, 7) is 3.39. The number of carbonyl (C=O) groups is 3. The molecule has 6 heteroatoms. The molecule has 1 aliphatic rings. The minimum absolute atomic E-state index is 0. The van der Waals surface area contributed by atoms with E-state index in [4.69, 9.17) is 0 Å². The smallest absolute Gasteiger partial charge is 0.237 e. The number of piperidine rings is 1. The summed E-state index contributed by atoms with van der Waals surface area (Å²) in [5, 5.41) is 5.11. The van der Waals surface area contributed by atoms with Crippen LogP contribution >= 0.6 is 12.4 Å². The van der Waals surface area contributed by atoms with Crippen LogP contribution < -0.4 is 10.6 Å². The number of imide groups is 1. The van der Waals surface area contributed by atoms with E-state index in [2.05, 4.69) is 10.6 Å². The molecule has 0 unspecified atom stereocenters. The Morgan fingerprint density at radius 2 is 1.90 bits per heavy atom. The Morgan fingerprint density at radius 1 is 1.29 bits per heavy atom. The van der Waals surface area contributed by atoms with Gasteiger partial charge in [-0.2, -0.15) is 0 Å². The number of carbonyl (C=O) groups excluding carboxylic acids is 3. The maximum Gasteiger partial charge on any atom is 0.237 e. The Bertz CT molecular complexity index is 557. The molecule has 1 aliphatic heterocycles. The van der Waals surface area contributed by atoms with Gasteiger partial charge in [0.15, 0.2) is 0 Å². The average molecular weight is 311 g/mol. The monoisotopic (exact) mass is 310 g/mol. The Morgan fingerprint density at radius 3 is 2.38 bits per heavy atom. The lowest BCUT2D eigenvalue weighted by atomic mass is 9.72. The standard InChI is InChI=1S/C15H18N2O3.ClH/c1-3-15(9-8-13(19)17-14(15)20)11-4-6-12(7-5-11)16-10(2)18;/h4-7H,3,8-9H2,1-2H3,(H,16,18)(H,17,19,20);1H/t15-;/m1./s1. The molecule has 3 amide bonds. The largest absolute Gasteiger partial charge is 0.326 e. The quantitative estimate of drug-likeness (QED) is 0.840. The molecule has 0 aromatic heterocycles. The van der Waals surface area contributed by atoms with Crippen molar-refractivity contribution in [1.82, 2.24) is 5.32 Å². The fraction of sp³-hybridized carbons (Fsp3) is 0.400. The van der Waals surface area contributed by atoms with Gasteiger partial charge in [-0.15, -0.1) is 12.4 Å². The predicted molar refractivity (Wildman–Crippen MR) is 82.3 cm³/mol. The van der Waals surface area contributed by atoms with Crippen molar-refractivity contribution < 1.29 is 14.4 Å². The highest BCUT2D eigenvalue weighted by Gasteiger charge is 2.42. The highest BCUT2D eigenvalue weighted by molar-refractivity contribution is 6.03. The van der Waals surface area contributed by atoms with Crippen LogP contribution in [0, 0.1) is 0 Å². The summed E-state index contributed by atoms with van der Waals surface area (Å²) in [6, 6.07) is 7.23. The summed E-state index contributed by atoms with van der Waals surface area (Å²) in [4.78, 5) is 34.5. The first-order chi connectivity index (χ1) is 9.48. The van der Waals surface area contributed by atoms with Gasteiger partial charge in [-0.3, -0.25) is 19.7 Å². The van der Waals surface area contributed by atoms with Crippen molar-refractivity contribution in [3.8, 4) is 0 Å². The van der Waals surface area contributed by atoms with Crippen LogP contribution in [-0.2, 0) is 19.8 Å². The molecule has 1 saturated heterocycles. The lowest BCUT2D eigenvalue weighted by Gasteiger charge is -2.35. The van der Waals surface area contributed by atoms with E-state index >= 15 is 0 Å². The molecule has 1 heterocycles. The van der Waals surface area contributed by atoms with Crippen molar-refractivity contribution in [2.24, 2.45) is 0 Å². The van der Waals surface area contributed by atoms with Crippen LogP contribution in [0.25, 0.3) is 0 Å². The second-order valence-electron chi connectivity index (χ2n) is 5.07. The minimum Gasteiger partial charge on any atom is -0.326 e. The topological polar surface area (TPSA) is 75.3 Å². The molecule has 1 atom stereocenters. The van der Waals surface area contributed by atoms with Crippen LogP contribution in [0.5, 0.6) is 0 Å². The van der Waals surface area contributed by atoms with Crippen molar-refractivity contribution in [2.75, 3.05) is 5.32 Å². The van der Waals surface area contributed by atoms with Crippen LogP contribution in [0.15, 0.2) is 24.3 Å². The Balaban J connectivity index is 0.00000220. The van der Waals surface area contributed by atoms with Crippen molar-refractivity contribution in [3.05, 3.63) is 29.8 Å². The second-order valence-corrected chi connectivity index (χ2v) is 5.07. The number of hydrogen-bond donors (Lipinski definition) is 2. The van der Waals surface area contributed by atoms with E-state index in [0.717, 1.165) is 5.56 Å². The van der Waals surface area contributed by atoms with E-state index in [1.807, 2.05) is 19.1 Å². The Kier molecular flexibility index (Phi) is 5.49. The third-order valence-corrected chi connectivity index (χ3v) is 3.83. The van der Waals surface area contributed by atoms with Gasteiger partial charge in [0.25, 0.3) is 0 Å². The van der Waals surface area contributed by atoms with Crippen molar-refractivity contribution >= 4 is 35.8 Å². The van der Waals surface area contributed by atoms with E-state index in [1.54, 1.807) is 12.1 Å². The van der Waals surface area contributed by atoms with Gasteiger partial charge in [-0.05, 0) is 30.5 Å². The summed E-state index contributed by atoms with van der Waals surface area (Å²) < 4.78 is 0. The Hall–Kier alpha value is -1.88. The number of hydrogen-bond acceptors (Lipinski definition) is 3. The molecule has 21 heavy (non-hydrogen) atoms. The van der Waals surface area contributed by atoms with E-state index < -0.39 is 5.41 Å². The first-order valence-electron chi connectivity index (χ1n) is 6.70. The summed E-state index contributed by atoms with van der Waals surface area (Å²) >= 11 is 0. The third-order valence-electron chi connectivity index (χ3n) is 3.83. The molecule has 1 aromatic rings. The first kappa shape index (κ1) is 17.2. The lowest BCUT2D eigenvalue weighted by molar-refractivity contribution is -0.138. The molecular formula is C15H19ClN2O3. The van der Waals surface area contributed by atoms with Crippen LogP contribution in [0.3, 0.4) is 0 Å². The minimum atomic E-state index is -0.650. The van der Waals surface area contributed by atoms with Crippen LogP contribution in [0.4, 0.5) is 5.69 Å². The van der Waals surface area contributed by atoms with Crippen molar-refractivity contribution in [1.29, 1.82) is 0 Å². The summed E-state index contributed by atoms with van der Waals surface area (Å²) in [6.07, 6.45) is 1.51. The highest BCUT2D eigenvalue weighted by atomic mass is 35.5. The van der Waals surface area contributed by atoms with E-state index in [-0.39, 0.29) is 30.1 Å². The lowest BCUT2D eigenvalue weighted by Crippen LogP contribution is -2.51. The van der Waals surface area contributed by atoms with Gasteiger partial charge in [-0.1, -0.05) is 19.1 Å². The number of amides is 3. The summed E-state index contributed by atoms with van der Waals surface area (Å²) in [5.41, 5.74) is 0.918. The van der Waals surface area contributed by atoms with Gasteiger partial charge in [0, 0.05) is 19.0 Å². The average Bonchev–Trinajstić information content (AvgIpc) is 2.40. The van der Waals surface area contributed by atoms with E-state index in [1.165, 1.54) is 6.92 Å². The molecule has 5 nitrogen and oxygen atoms in total. The van der Waals surface area contributed by atoms with Gasteiger partial charge in [0.05, 0.1) is 5.41 Å². The molecule has 0 radical (unpaired) electrons. The molecule has 1 aromatic carbocycles. The Labute approximate surface area is 129 Å². The van der Waals surface area contributed by atoms with Gasteiger partial charge in [-0.25, -0.2) is 0 Å². The fourth-order valence-corrected chi connectivity index (χ4v) is 2.64. The summed E-state index contributed by atoms with van der Waals surface area (Å²) in [5.74, 6) is -0.582. The number of nitrogens with one attached hydrogen (secondary N) is 2. The number of benzene rings is 1. The maximum atomic E-state index is 12.2. The molecule has 2 N–H and O–H groups in total. The molecule has 0 saturated carbocycles. The molecule has 114 valence electrons. The number of anilines is 1. The molecule has 2 rings (SSSR count). The van der Waals surface area contributed by atoms with Gasteiger partial charge < -0.3 is 5.32 Å². The van der Waals surface area contributed by atoms with Crippen molar-refractivity contribution in [3.63, 3.8) is 0 Å². The second kappa shape index (κ2) is 6.72. The van der Waals surface area contributed by atoms with Crippen LogP contribution in [0.2, 0.25) is 0 Å². The number of rotatable bonds is 3. The molecule has 0 aliphatic carbocycles. The van der Waals surface area contributed by atoms with Crippen molar-refractivity contribution in [2.45, 2.75) is 38.5 Å². The molecular weight excluding hydrogens is 292 g/mol. The first-order valence-corrected chi connectivity index (χ1v) is 6.70. The normalized spacial score (nSPS) is 21.2. The molecule has 1 fully saturated rings. The van der Waals surface area contributed by atoms with E-state index in [9.17, 15) is 14.4 Å². The van der Waals surface area contributed by atoms with Gasteiger partial charge in [0.2, 0.25) is 17.7 Å². The summed E-state index contributed by atoms with van der Waals surface area (Å²) in [7, 11) is 0. The highest BCUT2D eigenvalue weighted by Crippen LogP contribution is 2.36. The fourth-order valence-electron chi connectivity index (χ4n) is 2.64. The van der Waals surface area contributed by atoms with Gasteiger partial charge >= 0.3 is 0 Å². The third kappa shape index (κ3) is 3.42. The van der Waals surface area contributed by atoms with Crippen LogP contribution in [0.1, 0.15) is 38.7 Å². The molecule has 0 spiro atoms. The molecule has 0 bridgehead atoms. The zero-order chi connectivity index (χ0) is 14.8. The van der Waals surface area contributed by atoms with Gasteiger partial charge in [0.1, 0.15) is 0 Å². The SMILES string of the molecule is CC[C@]1(c2ccc(NC(C)=O)cc2)CCC(=O)NC1=O.Cl.